The van der Waals surface area contributed by atoms with Crippen molar-refractivity contribution in [2.24, 2.45) is 0 Å². The first-order valence-electron chi connectivity index (χ1n) is 6.32. The Hall–Kier alpha value is -1.29. The molecular weight excluding hydrogens is 252 g/mol. The highest BCUT2D eigenvalue weighted by Gasteiger charge is 2.15. The monoisotopic (exact) mass is 268 g/mol. The standard InChI is InChI=1S/C13H17ClN2O2/c14-11-8-15-12(7-10(11)13(17)18)16-9-5-3-1-2-4-6-9/h7-9H,1-6H2,(H,15,16)(H,17,18). The Morgan fingerprint density at radius 2 is 2.00 bits per heavy atom. The Labute approximate surface area is 111 Å². The minimum absolute atomic E-state index is 0.0998. The fourth-order valence-corrected chi connectivity index (χ4v) is 2.50. The second-order valence-corrected chi connectivity index (χ2v) is 5.09. The average Bonchev–Trinajstić information content (AvgIpc) is 2.60. The van der Waals surface area contributed by atoms with Crippen molar-refractivity contribution in [3.8, 4) is 0 Å². The van der Waals surface area contributed by atoms with E-state index in [1.807, 2.05) is 0 Å². The van der Waals surface area contributed by atoms with Gasteiger partial charge in [0.1, 0.15) is 5.82 Å². The van der Waals surface area contributed by atoms with Gasteiger partial charge in [0.25, 0.3) is 0 Å². The molecule has 1 heterocycles. The number of hydrogen-bond donors (Lipinski definition) is 2. The van der Waals surface area contributed by atoms with Gasteiger partial charge in [-0.15, -0.1) is 0 Å². The summed E-state index contributed by atoms with van der Waals surface area (Å²) in [6.45, 7) is 0. The number of rotatable bonds is 3. The van der Waals surface area contributed by atoms with E-state index in [1.165, 1.54) is 37.9 Å². The van der Waals surface area contributed by atoms with Crippen LogP contribution in [0.25, 0.3) is 0 Å². The second-order valence-electron chi connectivity index (χ2n) is 4.69. The third kappa shape index (κ3) is 3.35. The topological polar surface area (TPSA) is 62.2 Å². The molecule has 0 radical (unpaired) electrons. The summed E-state index contributed by atoms with van der Waals surface area (Å²) in [6.07, 6.45) is 8.64. The molecule has 0 unspecified atom stereocenters. The fraction of sp³-hybridized carbons (Fsp3) is 0.538. The summed E-state index contributed by atoms with van der Waals surface area (Å²) in [5.41, 5.74) is 0.0998. The van der Waals surface area contributed by atoms with Gasteiger partial charge in [0.05, 0.1) is 10.6 Å². The SMILES string of the molecule is O=C(O)c1cc(NC2CCCCCC2)ncc1Cl. The van der Waals surface area contributed by atoms with Crippen molar-refractivity contribution in [2.75, 3.05) is 5.32 Å². The lowest BCUT2D eigenvalue weighted by Gasteiger charge is -2.17. The quantitative estimate of drug-likeness (QED) is 0.823. The van der Waals surface area contributed by atoms with Crippen molar-refractivity contribution >= 4 is 23.4 Å². The van der Waals surface area contributed by atoms with Gasteiger partial charge < -0.3 is 10.4 Å². The van der Waals surface area contributed by atoms with E-state index in [4.69, 9.17) is 16.7 Å². The predicted octanol–water partition coefficient (Wildman–Crippen LogP) is 3.57. The van der Waals surface area contributed by atoms with Gasteiger partial charge in [0, 0.05) is 12.2 Å². The van der Waals surface area contributed by atoms with E-state index in [1.54, 1.807) is 0 Å². The molecule has 0 atom stereocenters. The maximum atomic E-state index is 11.0. The van der Waals surface area contributed by atoms with Gasteiger partial charge in [-0.2, -0.15) is 0 Å². The lowest BCUT2D eigenvalue weighted by molar-refractivity contribution is 0.0697. The molecule has 1 aromatic heterocycles. The van der Waals surface area contributed by atoms with E-state index in [9.17, 15) is 4.79 Å². The summed E-state index contributed by atoms with van der Waals surface area (Å²) >= 11 is 5.79. The van der Waals surface area contributed by atoms with E-state index < -0.39 is 5.97 Å². The molecule has 0 bridgehead atoms. The van der Waals surface area contributed by atoms with Crippen molar-refractivity contribution in [1.82, 2.24) is 4.98 Å². The number of carboxylic acids is 1. The molecule has 1 saturated carbocycles. The van der Waals surface area contributed by atoms with Crippen molar-refractivity contribution in [1.29, 1.82) is 0 Å². The molecule has 18 heavy (non-hydrogen) atoms. The highest BCUT2D eigenvalue weighted by Crippen LogP contribution is 2.22. The molecule has 4 nitrogen and oxygen atoms in total. The van der Waals surface area contributed by atoms with E-state index >= 15 is 0 Å². The van der Waals surface area contributed by atoms with Crippen LogP contribution in [0.1, 0.15) is 48.9 Å². The minimum atomic E-state index is -1.02. The lowest BCUT2D eigenvalue weighted by atomic mass is 10.1. The molecule has 2 rings (SSSR count). The van der Waals surface area contributed by atoms with Crippen molar-refractivity contribution in [3.05, 3.63) is 22.8 Å². The summed E-state index contributed by atoms with van der Waals surface area (Å²) in [5.74, 6) is -0.421. The zero-order chi connectivity index (χ0) is 13.0. The molecule has 98 valence electrons. The van der Waals surface area contributed by atoms with E-state index in [-0.39, 0.29) is 10.6 Å². The maximum absolute atomic E-state index is 11.0. The number of hydrogen-bond acceptors (Lipinski definition) is 3. The fourth-order valence-electron chi connectivity index (χ4n) is 2.31. The number of aromatic carboxylic acids is 1. The van der Waals surface area contributed by atoms with Gasteiger partial charge in [0.15, 0.2) is 0 Å². The molecular formula is C13H17ClN2O2. The van der Waals surface area contributed by atoms with Crippen LogP contribution in [0.4, 0.5) is 5.82 Å². The Bertz CT molecular complexity index is 429. The highest BCUT2D eigenvalue weighted by atomic mass is 35.5. The predicted molar refractivity (Wildman–Crippen MR) is 71.3 cm³/mol. The van der Waals surface area contributed by atoms with Gasteiger partial charge in [-0.3, -0.25) is 0 Å². The Morgan fingerprint density at radius 1 is 1.33 bits per heavy atom. The molecule has 1 aromatic rings. The van der Waals surface area contributed by atoms with E-state index in [2.05, 4.69) is 10.3 Å². The number of nitrogens with one attached hydrogen (secondary N) is 1. The molecule has 0 saturated heterocycles. The number of carboxylic acid groups (broad SMARTS) is 1. The van der Waals surface area contributed by atoms with Crippen molar-refractivity contribution in [2.45, 2.75) is 44.6 Å². The maximum Gasteiger partial charge on any atom is 0.337 e. The molecule has 0 spiro atoms. The smallest absolute Gasteiger partial charge is 0.337 e. The van der Waals surface area contributed by atoms with Crippen LogP contribution in [0.3, 0.4) is 0 Å². The summed E-state index contributed by atoms with van der Waals surface area (Å²) in [6, 6.07) is 1.90. The van der Waals surface area contributed by atoms with Crippen LogP contribution >= 0.6 is 11.6 Å². The zero-order valence-corrected chi connectivity index (χ0v) is 10.9. The van der Waals surface area contributed by atoms with Crippen LogP contribution in [0, 0.1) is 0 Å². The number of aromatic nitrogens is 1. The highest BCUT2D eigenvalue weighted by molar-refractivity contribution is 6.33. The summed E-state index contributed by atoms with van der Waals surface area (Å²) in [7, 11) is 0. The number of anilines is 1. The van der Waals surface area contributed by atoms with Gasteiger partial charge in [-0.25, -0.2) is 9.78 Å². The normalized spacial score (nSPS) is 17.2. The first-order valence-corrected chi connectivity index (χ1v) is 6.70. The molecule has 5 heteroatoms. The summed E-state index contributed by atoms with van der Waals surface area (Å²) < 4.78 is 0. The average molecular weight is 269 g/mol. The zero-order valence-electron chi connectivity index (χ0n) is 10.2. The first-order chi connectivity index (χ1) is 8.66. The Balaban J connectivity index is 2.08. The summed E-state index contributed by atoms with van der Waals surface area (Å²) in [4.78, 5) is 15.1. The minimum Gasteiger partial charge on any atom is -0.478 e. The van der Waals surface area contributed by atoms with Gasteiger partial charge in [-0.05, 0) is 18.9 Å². The molecule has 0 aromatic carbocycles. The summed E-state index contributed by atoms with van der Waals surface area (Å²) in [5, 5.41) is 12.5. The lowest BCUT2D eigenvalue weighted by Crippen LogP contribution is -2.19. The van der Waals surface area contributed by atoms with Crippen LogP contribution in [0.5, 0.6) is 0 Å². The van der Waals surface area contributed by atoms with Crippen LogP contribution in [-0.4, -0.2) is 22.1 Å². The van der Waals surface area contributed by atoms with Crippen molar-refractivity contribution < 1.29 is 9.90 Å². The first kappa shape index (κ1) is 13.1. The Morgan fingerprint density at radius 3 is 2.61 bits per heavy atom. The van der Waals surface area contributed by atoms with Gasteiger partial charge >= 0.3 is 5.97 Å². The van der Waals surface area contributed by atoms with E-state index in [0.29, 0.717) is 11.9 Å². The second kappa shape index (κ2) is 6.05. The third-order valence-corrected chi connectivity index (χ3v) is 3.59. The van der Waals surface area contributed by atoms with E-state index in [0.717, 1.165) is 12.8 Å². The molecule has 1 fully saturated rings. The van der Waals surface area contributed by atoms with Crippen LogP contribution < -0.4 is 5.32 Å². The number of nitrogens with zero attached hydrogens (tertiary/aromatic N) is 1. The van der Waals surface area contributed by atoms with Gasteiger partial charge in [-0.1, -0.05) is 37.3 Å². The van der Waals surface area contributed by atoms with Crippen LogP contribution in [0.2, 0.25) is 5.02 Å². The number of halogens is 1. The third-order valence-electron chi connectivity index (χ3n) is 3.29. The molecule has 0 amide bonds. The number of carbonyl (C=O) groups is 1. The number of pyridine rings is 1. The van der Waals surface area contributed by atoms with Crippen LogP contribution in [-0.2, 0) is 0 Å². The molecule has 2 N–H and O–H groups in total. The molecule has 0 aliphatic heterocycles. The van der Waals surface area contributed by atoms with Gasteiger partial charge in [0.2, 0.25) is 0 Å². The van der Waals surface area contributed by atoms with Crippen molar-refractivity contribution in [3.63, 3.8) is 0 Å². The largest absolute Gasteiger partial charge is 0.478 e. The molecule has 1 aliphatic carbocycles. The molecule has 1 aliphatic rings. The van der Waals surface area contributed by atoms with Crippen LogP contribution in [0.15, 0.2) is 12.3 Å². The Kier molecular flexibility index (Phi) is 4.42.